The van der Waals surface area contributed by atoms with Crippen molar-refractivity contribution in [2.24, 2.45) is 0 Å². The van der Waals surface area contributed by atoms with Gasteiger partial charge in [-0.3, -0.25) is 0 Å². The van der Waals surface area contributed by atoms with Crippen molar-refractivity contribution in [1.29, 1.82) is 0 Å². The molecule has 1 N–H and O–H groups in total. The number of hydrogen-bond acceptors (Lipinski definition) is 4. The standard InChI is InChI=1S/C7H13N3S/c1-3-4-5-8-7-9-6(2)10-11-7/h3-5H2,1-2H3,(H,8,9,10). The first kappa shape index (κ1) is 8.46. The molecule has 62 valence electrons. The lowest BCUT2D eigenvalue weighted by atomic mass is 10.3. The largest absolute Gasteiger partial charge is 0.360 e. The number of unbranched alkanes of at least 4 members (excludes halogenated alkanes) is 1. The predicted octanol–water partition coefficient (Wildman–Crippen LogP) is 2.06. The van der Waals surface area contributed by atoms with E-state index in [4.69, 9.17) is 0 Å². The molecule has 1 heterocycles. The second-order valence-electron chi connectivity index (χ2n) is 2.43. The number of rotatable bonds is 4. The minimum atomic E-state index is 0.856. The van der Waals surface area contributed by atoms with Gasteiger partial charge in [0.2, 0.25) is 5.13 Å². The minimum absolute atomic E-state index is 0.856. The van der Waals surface area contributed by atoms with Crippen molar-refractivity contribution in [2.45, 2.75) is 26.7 Å². The zero-order chi connectivity index (χ0) is 8.10. The number of nitrogens with one attached hydrogen (secondary N) is 1. The van der Waals surface area contributed by atoms with E-state index in [9.17, 15) is 0 Å². The lowest BCUT2D eigenvalue weighted by molar-refractivity contribution is 0.833. The molecule has 0 saturated carbocycles. The van der Waals surface area contributed by atoms with Crippen LogP contribution in [0.25, 0.3) is 0 Å². The molecule has 0 aliphatic rings. The number of aromatic nitrogens is 2. The molecule has 1 aromatic heterocycles. The lowest BCUT2D eigenvalue weighted by Gasteiger charge is -1.97. The molecule has 0 aromatic carbocycles. The first-order valence-electron chi connectivity index (χ1n) is 3.87. The molecule has 0 atom stereocenters. The Bertz CT molecular complexity index is 209. The molecule has 11 heavy (non-hydrogen) atoms. The molecule has 0 spiro atoms. The smallest absolute Gasteiger partial charge is 0.202 e. The van der Waals surface area contributed by atoms with Gasteiger partial charge in [-0.1, -0.05) is 13.3 Å². The Labute approximate surface area is 71.0 Å². The van der Waals surface area contributed by atoms with Gasteiger partial charge < -0.3 is 5.32 Å². The van der Waals surface area contributed by atoms with Crippen molar-refractivity contribution in [3.05, 3.63) is 5.82 Å². The average molecular weight is 171 g/mol. The average Bonchev–Trinajstić information content (AvgIpc) is 2.37. The van der Waals surface area contributed by atoms with Gasteiger partial charge in [0, 0.05) is 18.1 Å². The van der Waals surface area contributed by atoms with Crippen LogP contribution >= 0.6 is 11.5 Å². The topological polar surface area (TPSA) is 37.8 Å². The Kier molecular flexibility index (Phi) is 3.29. The highest BCUT2D eigenvalue weighted by Crippen LogP contribution is 2.09. The van der Waals surface area contributed by atoms with Gasteiger partial charge in [-0.15, -0.1) is 0 Å². The van der Waals surface area contributed by atoms with Gasteiger partial charge in [0.25, 0.3) is 0 Å². The van der Waals surface area contributed by atoms with Crippen LogP contribution in [-0.4, -0.2) is 15.9 Å². The highest BCUT2D eigenvalue weighted by atomic mass is 32.1. The minimum Gasteiger partial charge on any atom is -0.360 e. The van der Waals surface area contributed by atoms with Crippen LogP contribution in [0.15, 0.2) is 0 Å². The zero-order valence-electron chi connectivity index (χ0n) is 6.92. The molecule has 1 aromatic rings. The summed E-state index contributed by atoms with van der Waals surface area (Å²) in [5.41, 5.74) is 0. The molecule has 0 aliphatic heterocycles. The van der Waals surface area contributed by atoms with Gasteiger partial charge in [-0.05, 0) is 13.3 Å². The van der Waals surface area contributed by atoms with Crippen molar-refractivity contribution in [3.63, 3.8) is 0 Å². The van der Waals surface area contributed by atoms with Gasteiger partial charge in [0.05, 0.1) is 0 Å². The highest BCUT2D eigenvalue weighted by molar-refractivity contribution is 7.09. The molecular weight excluding hydrogens is 158 g/mol. The highest BCUT2D eigenvalue weighted by Gasteiger charge is 1.96. The van der Waals surface area contributed by atoms with Crippen LogP contribution in [0.2, 0.25) is 0 Å². The van der Waals surface area contributed by atoms with Gasteiger partial charge in [0.15, 0.2) is 0 Å². The number of hydrogen-bond donors (Lipinski definition) is 1. The van der Waals surface area contributed by atoms with Crippen LogP contribution < -0.4 is 5.32 Å². The Morgan fingerprint density at radius 3 is 2.91 bits per heavy atom. The number of nitrogens with zero attached hydrogens (tertiary/aromatic N) is 2. The summed E-state index contributed by atoms with van der Waals surface area (Å²) in [5.74, 6) is 0.856. The summed E-state index contributed by atoms with van der Waals surface area (Å²) in [6.45, 7) is 5.08. The second-order valence-corrected chi connectivity index (χ2v) is 3.18. The molecule has 0 saturated heterocycles. The van der Waals surface area contributed by atoms with Crippen molar-refractivity contribution in [2.75, 3.05) is 11.9 Å². The Morgan fingerprint density at radius 2 is 2.36 bits per heavy atom. The molecule has 3 nitrogen and oxygen atoms in total. The second kappa shape index (κ2) is 4.28. The van der Waals surface area contributed by atoms with Gasteiger partial charge in [0.1, 0.15) is 5.82 Å². The van der Waals surface area contributed by atoms with E-state index >= 15 is 0 Å². The first-order valence-corrected chi connectivity index (χ1v) is 4.64. The Morgan fingerprint density at radius 1 is 1.55 bits per heavy atom. The maximum Gasteiger partial charge on any atom is 0.202 e. The summed E-state index contributed by atoms with van der Waals surface area (Å²) in [5, 5.41) is 4.15. The Balaban J connectivity index is 2.27. The third-order valence-corrected chi connectivity index (χ3v) is 2.10. The summed E-state index contributed by atoms with van der Waals surface area (Å²) >= 11 is 1.43. The molecular formula is C7H13N3S. The van der Waals surface area contributed by atoms with Crippen LogP contribution in [0.5, 0.6) is 0 Å². The summed E-state index contributed by atoms with van der Waals surface area (Å²) in [4.78, 5) is 4.18. The van der Waals surface area contributed by atoms with Gasteiger partial charge in [-0.25, -0.2) is 4.98 Å². The van der Waals surface area contributed by atoms with E-state index in [0.717, 1.165) is 17.5 Å². The maximum absolute atomic E-state index is 4.18. The van der Waals surface area contributed by atoms with E-state index in [1.165, 1.54) is 24.4 Å². The Hall–Kier alpha value is -0.640. The maximum atomic E-state index is 4.18. The van der Waals surface area contributed by atoms with Crippen molar-refractivity contribution in [1.82, 2.24) is 9.36 Å². The van der Waals surface area contributed by atoms with E-state index in [2.05, 4.69) is 21.6 Å². The van der Waals surface area contributed by atoms with Crippen LogP contribution in [0, 0.1) is 6.92 Å². The van der Waals surface area contributed by atoms with Crippen LogP contribution in [0.1, 0.15) is 25.6 Å². The molecule has 0 fully saturated rings. The van der Waals surface area contributed by atoms with Crippen LogP contribution in [0.3, 0.4) is 0 Å². The summed E-state index contributed by atoms with van der Waals surface area (Å²) in [6, 6.07) is 0. The quantitative estimate of drug-likeness (QED) is 0.705. The third-order valence-electron chi connectivity index (χ3n) is 1.33. The third kappa shape index (κ3) is 2.84. The van der Waals surface area contributed by atoms with Crippen molar-refractivity contribution < 1.29 is 0 Å². The molecule has 0 amide bonds. The van der Waals surface area contributed by atoms with Gasteiger partial charge >= 0.3 is 0 Å². The fourth-order valence-corrected chi connectivity index (χ4v) is 1.34. The predicted molar refractivity (Wildman–Crippen MR) is 48.0 cm³/mol. The summed E-state index contributed by atoms with van der Waals surface area (Å²) < 4.78 is 4.06. The number of anilines is 1. The van der Waals surface area contributed by atoms with E-state index in [-0.39, 0.29) is 0 Å². The van der Waals surface area contributed by atoms with E-state index in [0.29, 0.717) is 0 Å². The van der Waals surface area contributed by atoms with Crippen LogP contribution in [0.4, 0.5) is 5.13 Å². The fraction of sp³-hybridized carbons (Fsp3) is 0.714. The first-order chi connectivity index (χ1) is 5.33. The summed E-state index contributed by atoms with van der Waals surface area (Å²) in [7, 11) is 0. The van der Waals surface area contributed by atoms with E-state index in [1.54, 1.807) is 0 Å². The summed E-state index contributed by atoms with van der Waals surface area (Å²) in [6.07, 6.45) is 2.41. The molecule has 0 unspecified atom stereocenters. The van der Waals surface area contributed by atoms with Crippen molar-refractivity contribution >= 4 is 16.7 Å². The molecule has 4 heteroatoms. The molecule has 0 bridgehead atoms. The van der Waals surface area contributed by atoms with E-state index < -0.39 is 0 Å². The normalized spacial score (nSPS) is 10.0. The molecule has 1 rings (SSSR count). The number of aryl methyl sites for hydroxylation is 1. The zero-order valence-corrected chi connectivity index (χ0v) is 7.74. The fourth-order valence-electron chi connectivity index (χ4n) is 0.741. The lowest BCUT2D eigenvalue weighted by Crippen LogP contribution is -1.99. The molecule has 0 aliphatic carbocycles. The van der Waals surface area contributed by atoms with Crippen molar-refractivity contribution in [3.8, 4) is 0 Å². The van der Waals surface area contributed by atoms with Gasteiger partial charge in [-0.2, -0.15) is 4.37 Å². The SMILES string of the molecule is CCCCNc1nc(C)ns1. The van der Waals surface area contributed by atoms with Crippen LogP contribution in [-0.2, 0) is 0 Å². The molecule has 0 radical (unpaired) electrons. The van der Waals surface area contributed by atoms with E-state index in [1.807, 2.05) is 6.92 Å². The monoisotopic (exact) mass is 171 g/mol.